The van der Waals surface area contributed by atoms with Crippen LogP contribution in [0, 0.1) is 0 Å². The van der Waals surface area contributed by atoms with Crippen LogP contribution in [-0.4, -0.2) is 33.2 Å². The van der Waals surface area contributed by atoms with Crippen molar-refractivity contribution in [3.63, 3.8) is 0 Å². The van der Waals surface area contributed by atoms with E-state index in [0.717, 1.165) is 5.52 Å². The predicted molar refractivity (Wildman–Crippen MR) is 103 cm³/mol. The van der Waals surface area contributed by atoms with E-state index in [1.807, 2.05) is 19.9 Å². The minimum atomic E-state index is -0.857. The van der Waals surface area contributed by atoms with E-state index in [1.54, 1.807) is 43.4 Å². The molecule has 0 radical (unpaired) electrons. The Labute approximate surface area is 156 Å². The van der Waals surface area contributed by atoms with Crippen molar-refractivity contribution >= 4 is 16.9 Å². The van der Waals surface area contributed by atoms with Gasteiger partial charge in [-0.2, -0.15) is 0 Å². The van der Waals surface area contributed by atoms with Gasteiger partial charge in [0.25, 0.3) is 5.91 Å². The van der Waals surface area contributed by atoms with Crippen LogP contribution in [0.15, 0.2) is 47.3 Å². The number of hydrogen-bond acceptors (Lipinski definition) is 4. The number of aryl methyl sites for hydroxylation is 1. The molecule has 0 aliphatic heterocycles. The van der Waals surface area contributed by atoms with E-state index in [4.69, 9.17) is 4.74 Å². The van der Waals surface area contributed by atoms with Crippen LogP contribution in [0.1, 0.15) is 35.9 Å². The highest BCUT2D eigenvalue weighted by molar-refractivity contribution is 5.97. The number of aromatic amines is 1. The molecule has 27 heavy (non-hydrogen) atoms. The van der Waals surface area contributed by atoms with Gasteiger partial charge in [0.05, 0.1) is 23.2 Å². The Hall–Kier alpha value is -3.06. The highest BCUT2D eigenvalue weighted by Crippen LogP contribution is 2.20. The molecular formula is C20H23N3O4. The van der Waals surface area contributed by atoms with Crippen molar-refractivity contribution in [2.75, 3.05) is 6.54 Å². The van der Waals surface area contributed by atoms with Crippen molar-refractivity contribution in [2.24, 2.45) is 7.05 Å². The van der Waals surface area contributed by atoms with Crippen molar-refractivity contribution in [3.8, 4) is 5.75 Å². The molecule has 0 aliphatic rings. The van der Waals surface area contributed by atoms with Gasteiger partial charge in [-0.3, -0.25) is 9.36 Å². The second-order valence-corrected chi connectivity index (χ2v) is 6.69. The van der Waals surface area contributed by atoms with Crippen molar-refractivity contribution in [2.45, 2.75) is 26.1 Å². The van der Waals surface area contributed by atoms with Gasteiger partial charge in [-0.25, -0.2) is 4.79 Å². The molecule has 1 amide bonds. The molecule has 1 atom stereocenters. The maximum atomic E-state index is 12.4. The molecule has 2 aromatic carbocycles. The molecule has 0 aliphatic carbocycles. The fourth-order valence-corrected chi connectivity index (χ4v) is 2.85. The van der Waals surface area contributed by atoms with Crippen LogP contribution in [0.4, 0.5) is 0 Å². The molecular weight excluding hydrogens is 346 g/mol. The number of carbonyl (C=O) groups is 1. The Balaban J connectivity index is 1.67. The first-order valence-corrected chi connectivity index (χ1v) is 8.77. The standard InChI is InChI=1S/C20H23N3O4/c1-12(2)27-15-6-4-5-13(9-15)18(24)11-21-19(25)14-7-8-17-16(10-14)22-20(26)23(17)3/h4-10,12,18,24H,11H2,1-3H3,(H,21,25)(H,22,26). The number of amides is 1. The number of H-pyrrole nitrogens is 1. The van der Waals surface area contributed by atoms with Gasteiger partial charge < -0.3 is 20.1 Å². The quantitative estimate of drug-likeness (QED) is 0.620. The van der Waals surface area contributed by atoms with Crippen LogP contribution in [0.5, 0.6) is 5.75 Å². The first kappa shape index (κ1) is 18.7. The molecule has 1 unspecified atom stereocenters. The van der Waals surface area contributed by atoms with Gasteiger partial charge in [-0.1, -0.05) is 12.1 Å². The van der Waals surface area contributed by atoms with E-state index in [1.165, 1.54) is 4.57 Å². The molecule has 0 spiro atoms. The Bertz CT molecular complexity index is 1020. The molecule has 0 saturated carbocycles. The Morgan fingerprint density at radius 2 is 2.04 bits per heavy atom. The Morgan fingerprint density at radius 1 is 1.26 bits per heavy atom. The number of nitrogens with one attached hydrogen (secondary N) is 2. The van der Waals surface area contributed by atoms with E-state index in [-0.39, 0.29) is 24.2 Å². The lowest BCUT2D eigenvalue weighted by Crippen LogP contribution is -2.28. The first-order chi connectivity index (χ1) is 12.8. The lowest BCUT2D eigenvalue weighted by atomic mass is 10.1. The molecule has 142 valence electrons. The fraction of sp³-hybridized carbons (Fsp3) is 0.300. The maximum Gasteiger partial charge on any atom is 0.326 e. The van der Waals surface area contributed by atoms with Crippen molar-refractivity contribution < 1.29 is 14.6 Å². The highest BCUT2D eigenvalue weighted by Gasteiger charge is 2.13. The summed E-state index contributed by atoms with van der Waals surface area (Å²) in [6.45, 7) is 3.92. The van der Waals surface area contributed by atoms with E-state index in [2.05, 4.69) is 10.3 Å². The number of hydrogen-bond donors (Lipinski definition) is 3. The topological polar surface area (TPSA) is 96.3 Å². The lowest BCUT2D eigenvalue weighted by molar-refractivity contribution is 0.0916. The summed E-state index contributed by atoms with van der Waals surface area (Å²) in [7, 11) is 1.66. The van der Waals surface area contributed by atoms with Crippen molar-refractivity contribution in [1.82, 2.24) is 14.9 Å². The highest BCUT2D eigenvalue weighted by atomic mass is 16.5. The predicted octanol–water partition coefficient (Wildman–Crippen LogP) is 2.12. The number of carbonyl (C=O) groups excluding carboxylic acids is 1. The number of nitrogens with zero attached hydrogens (tertiary/aromatic N) is 1. The first-order valence-electron chi connectivity index (χ1n) is 8.77. The van der Waals surface area contributed by atoms with Crippen molar-refractivity contribution in [1.29, 1.82) is 0 Å². The molecule has 0 saturated heterocycles. The summed E-state index contributed by atoms with van der Waals surface area (Å²) in [5, 5.41) is 13.1. The number of imidazole rings is 1. The van der Waals surface area contributed by atoms with Gasteiger partial charge in [-0.15, -0.1) is 0 Å². The summed E-state index contributed by atoms with van der Waals surface area (Å²) in [5.41, 5.74) is 2.15. The summed E-state index contributed by atoms with van der Waals surface area (Å²) >= 11 is 0. The number of aromatic nitrogens is 2. The number of fused-ring (bicyclic) bond motifs is 1. The second-order valence-electron chi connectivity index (χ2n) is 6.69. The van der Waals surface area contributed by atoms with Crippen LogP contribution < -0.4 is 15.7 Å². The summed E-state index contributed by atoms with van der Waals surface area (Å²) < 4.78 is 7.10. The molecule has 3 aromatic rings. The molecule has 7 nitrogen and oxygen atoms in total. The van der Waals surface area contributed by atoms with Crippen LogP contribution in [0.25, 0.3) is 11.0 Å². The van der Waals surface area contributed by atoms with Crippen molar-refractivity contribution in [3.05, 3.63) is 64.1 Å². The third-order valence-corrected chi connectivity index (χ3v) is 4.24. The summed E-state index contributed by atoms with van der Waals surface area (Å²) in [6, 6.07) is 12.2. The summed E-state index contributed by atoms with van der Waals surface area (Å²) in [4.78, 5) is 26.7. The van der Waals surface area contributed by atoms with Gasteiger partial charge in [-0.05, 0) is 49.7 Å². The van der Waals surface area contributed by atoms with E-state index >= 15 is 0 Å². The minimum Gasteiger partial charge on any atom is -0.491 e. The number of ether oxygens (including phenoxy) is 1. The number of benzene rings is 2. The minimum absolute atomic E-state index is 0.0384. The van der Waals surface area contributed by atoms with Gasteiger partial charge in [0.1, 0.15) is 5.75 Å². The normalized spacial score (nSPS) is 12.3. The zero-order valence-corrected chi connectivity index (χ0v) is 15.5. The molecule has 3 N–H and O–H groups in total. The van der Waals surface area contributed by atoms with Gasteiger partial charge in [0.15, 0.2) is 0 Å². The van der Waals surface area contributed by atoms with E-state index in [9.17, 15) is 14.7 Å². The smallest absolute Gasteiger partial charge is 0.326 e. The second kappa shape index (κ2) is 7.67. The molecule has 7 heteroatoms. The third kappa shape index (κ3) is 4.20. The Kier molecular flexibility index (Phi) is 5.32. The lowest BCUT2D eigenvalue weighted by Gasteiger charge is -2.15. The average Bonchev–Trinajstić information content (AvgIpc) is 2.92. The molecule has 1 heterocycles. The SMILES string of the molecule is CC(C)Oc1cccc(C(O)CNC(=O)c2ccc3c(c2)[nH]c(=O)n3C)c1. The van der Waals surface area contributed by atoms with Crippen LogP contribution >= 0.6 is 0 Å². The molecule has 0 fully saturated rings. The summed E-state index contributed by atoms with van der Waals surface area (Å²) in [5.74, 6) is 0.349. The molecule has 0 bridgehead atoms. The van der Waals surface area contributed by atoms with Gasteiger partial charge in [0, 0.05) is 19.2 Å². The zero-order valence-electron chi connectivity index (χ0n) is 15.5. The van der Waals surface area contributed by atoms with E-state index < -0.39 is 6.10 Å². The van der Waals surface area contributed by atoms with Gasteiger partial charge >= 0.3 is 5.69 Å². The van der Waals surface area contributed by atoms with Gasteiger partial charge in [0.2, 0.25) is 0 Å². The molecule has 3 rings (SSSR count). The average molecular weight is 369 g/mol. The fourth-order valence-electron chi connectivity index (χ4n) is 2.85. The van der Waals surface area contributed by atoms with Crippen LogP contribution in [0.3, 0.4) is 0 Å². The Morgan fingerprint density at radius 3 is 2.78 bits per heavy atom. The van der Waals surface area contributed by atoms with Crippen LogP contribution in [-0.2, 0) is 7.05 Å². The number of aliphatic hydroxyl groups is 1. The number of aliphatic hydroxyl groups excluding tert-OH is 1. The number of rotatable bonds is 6. The third-order valence-electron chi connectivity index (χ3n) is 4.24. The summed E-state index contributed by atoms with van der Waals surface area (Å²) in [6.07, 6.45) is -0.818. The largest absolute Gasteiger partial charge is 0.491 e. The monoisotopic (exact) mass is 369 g/mol. The van der Waals surface area contributed by atoms with Crippen LogP contribution in [0.2, 0.25) is 0 Å². The zero-order chi connectivity index (χ0) is 19.6. The maximum absolute atomic E-state index is 12.4. The molecule has 1 aromatic heterocycles. The van der Waals surface area contributed by atoms with E-state index in [0.29, 0.717) is 22.4 Å².